The number of hydrogen-bond donors (Lipinski definition) is 1. The molecule has 0 aromatic carbocycles. The van der Waals surface area contributed by atoms with Crippen molar-refractivity contribution in [3.63, 3.8) is 0 Å². The topological polar surface area (TPSA) is 24.4 Å². The van der Waals surface area contributed by atoms with E-state index in [1.54, 1.807) is 0 Å². The number of aliphatic imine (C=N–C) groups is 1. The summed E-state index contributed by atoms with van der Waals surface area (Å²) in [7, 11) is 1.83. The minimum atomic E-state index is 1.04. The molecule has 0 unspecified atom stereocenters. The molecule has 2 heteroatoms. The molecule has 0 atom stereocenters. The van der Waals surface area contributed by atoms with Crippen LogP contribution < -0.4 is 5.32 Å². The lowest BCUT2D eigenvalue weighted by Crippen LogP contribution is -2.17. The van der Waals surface area contributed by atoms with Crippen molar-refractivity contribution in [3.8, 4) is 0 Å². The highest BCUT2D eigenvalue weighted by molar-refractivity contribution is 5.56. The number of nitrogens with one attached hydrogen (secondary N) is 1. The van der Waals surface area contributed by atoms with E-state index in [9.17, 15) is 0 Å². The molecule has 0 fully saturated rings. The van der Waals surface area contributed by atoms with Crippen molar-refractivity contribution in [1.82, 2.24) is 5.32 Å². The van der Waals surface area contributed by atoms with E-state index in [0.717, 1.165) is 19.5 Å². The predicted octanol–water partition coefficient (Wildman–Crippen LogP) is 4.40. The Morgan fingerprint density at radius 1 is 0.889 bits per heavy atom. The van der Waals surface area contributed by atoms with Gasteiger partial charge in [0.2, 0.25) is 0 Å². The number of rotatable bonds is 14. The molecule has 0 bridgehead atoms. The molecule has 0 aromatic heterocycles. The lowest BCUT2D eigenvalue weighted by atomic mass is 10.1. The number of unbranched alkanes of at least 4 members (excludes halogenated alkanes) is 9. The van der Waals surface area contributed by atoms with Crippen LogP contribution in [0.1, 0.15) is 71.1 Å². The zero-order valence-electron chi connectivity index (χ0n) is 12.6. The molecule has 2 nitrogen and oxygen atoms in total. The molecule has 0 aliphatic carbocycles. The van der Waals surface area contributed by atoms with E-state index in [1.165, 1.54) is 57.8 Å². The van der Waals surface area contributed by atoms with Gasteiger partial charge < -0.3 is 10.3 Å². The van der Waals surface area contributed by atoms with Crippen LogP contribution in [0.4, 0.5) is 0 Å². The minimum absolute atomic E-state index is 1.04. The lowest BCUT2D eigenvalue weighted by Gasteiger charge is -2.03. The summed E-state index contributed by atoms with van der Waals surface area (Å²) in [5.41, 5.74) is 0. The maximum absolute atomic E-state index is 3.95. The van der Waals surface area contributed by atoms with E-state index in [1.807, 2.05) is 13.3 Å². The van der Waals surface area contributed by atoms with Gasteiger partial charge in [-0.3, -0.25) is 0 Å². The first-order valence-corrected chi connectivity index (χ1v) is 7.84. The first kappa shape index (κ1) is 17.6. The molecule has 1 radical (unpaired) electrons. The molecule has 0 aliphatic rings. The standard InChI is InChI=1S/C16H33N2/c1-3-4-5-6-7-8-9-10-11-12-15-18-16-13-14-17-2/h12,14,18H,3-11,13,15-16H2,1-2H3. The van der Waals surface area contributed by atoms with Crippen molar-refractivity contribution in [3.05, 3.63) is 6.42 Å². The van der Waals surface area contributed by atoms with Crippen LogP contribution in [0.2, 0.25) is 0 Å². The summed E-state index contributed by atoms with van der Waals surface area (Å²) in [6, 6.07) is 0. The van der Waals surface area contributed by atoms with Gasteiger partial charge in [-0.25, -0.2) is 0 Å². The van der Waals surface area contributed by atoms with Gasteiger partial charge in [0.25, 0.3) is 0 Å². The SMILES string of the molecule is CCCCCCCCCC[CH]CNCCC=NC. The van der Waals surface area contributed by atoms with Crippen molar-refractivity contribution < 1.29 is 0 Å². The summed E-state index contributed by atoms with van der Waals surface area (Å²) in [6.45, 7) is 4.37. The third-order valence-corrected chi connectivity index (χ3v) is 3.18. The molecular weight excluding hydrogens is 220 g/mol. The van der Waals surface area contributed by atoms with Crippen LogP contribution in [-0.2, 0) is 0 Å². The minimum Gasteiger partial charge on any atom is -0.316 e. The van der Waals surface area contributed by atoms with E-state index in [-0.39, 0.29) is 0 Å². The Balaban J connectivity index is 2.90. The maximum Gasteiger partial charge on any atom is 0.0273 e. The van der Waals surface area contributed by atoms with Gasteiger partial charge in [0.1, 0.15) is 0 Å². The highest BCUT2D eigenvalue weighted by Gasteiger charge is 1.92. The zero-order valence-corrected chi connectivity index (χ0v) is 12.6. The van der Waals surface area contributed by atoms with Crippen LogP contribution in [0.5, 0.6) is 0 Å². The van der Waals surface area contributed by atoms with Crippen molar-refractivity contribution in [1.29, 1.82) is 0 Å². The van der Waals surface area contributed by atoms with E-state index < -0.39 is 0 Å². The highest BCUT2D eigenvalue weighted by Crippen LogP contribution is 2.09. The zero-order chi connectivity index (χ0) is 13.3. The average Bonchev–Trinajstić information content (AvgIpc) is 2.39. The van der Waals surface area contributed by atoms with Gasteiger partial charge in [-0.05, 0) is 32.0 Å². The van der Waals surface area contributed by atoms with Gasteiger partial charge in [-0.2, -0.15) is 0 Å². The molecular formula is C16H33N2. The van der Waals surface area contributed by atoms with Crippen molar-refractivity contribution in [2.45, 2.75) is 71.1 Å². The van der Waals surface area contributed by atoms with E-state index in [0.29, 0.717) is 0 Å². The van der Waals surface area contributed by atoms with Gasteiger partial charge in [0.15, 0.2) is 0 Å². The molecule has 0 spiro atoms. The Labute approximate surface area is 115 Å². The number of hydrogen-bond acceptors (Lipinski definition) is 2. The smallest absolute Gasteiger partial charge is 0.0273 e. The quantitative estimate of drug-likeness (QED) is 0.360. The molecule has 0 aliphatic heterocycles. The van der Waals surface area contributed by atoms with Crippen LogP contribution >= 0.6 is 0 Å². The Hall–Kier alpha value is -0.370. The van der Waals surface area contributed by atoms with E-state index in [2.05, 4.69) is 23.7 Å². The Morgan fingerprint density at radius 3 is 2.22 bits per heavy atom. The molecule has 18 heavy (non-hydrogen) atoms. The summed E-state index contributed by atoms with van der Waals surface area (Å²) < 4.78 is 0. The van der Waals surface area contributed by atoms with Crippen molar-refractivity contribution in [2.24, 2.45) is 4.99 Å². The Bertz CT molecular complexity index is 166. The summed E-state index contributed by atoms with van der Waals surface area (Å²) in [5.74, 6) is 0. The second-order valence-electron chi connectivity index (χ2n) is 4.99. The molecule has 0 aromatic rings. The Kier molecular flexibility index (Phi) is 16.3. The molecule has 0 saturated carbocycles. The fourth-order valence-corrected chi connectivity index (χ4v) is 2.02. The molecule has 0 saturated heterocycles. The molecule has 0 heterocycles. The van der Waals surface area contributed by atoms with Gasteiger partial charge in [-0.15, -0.1) is 0 Å². The van der Waals surface area contributed by atoms with Crippen molar-refractivity contribution in [2.75, 3.05) is 20.1 Å². The molecule has 0 amide bonds. The van der Waals surface area contributed by atoms with Crippen LogP contribution in [0, 0.1) is 6.42 Å². The lowest BCUT2D eigenvalue weighted by molar-refractivity contribution is 0.571. The molecule has 107 valence electrons. The number of nitrogens with zero attached hydrogens (tertiary/aromatic N) is 1. The van der Waals surface area contributed by atoms with E-state index in [4.69, 9.17) is 0 Å². The van der Waals surface area contributed by atoms with Crippen LogP contribution in [-0.4, -0.2) is 26.4 Å². The maximum atomic E-state index is 3.95. The largest absolute Gasteiger partial charge is 0.316 e. The summed E-state index contributed by atoms with van der Waals surface area (Å²) >= 11 is 0. The third-order valence-electron chi connectivity index (χ3n) is 3.18. The average molecular weight is 253 g/mol. The summed E-state index contributed by atoms with van der Waals surface area (Å²) in [5, 5.41) is 3.40. The fourth-order valence-electron chi connectivity index (χ4n) is 2.02. The second-order valence-corrected chi connectivity index (χ2v) is 4.99. The van der Waals surface area contributed by atoms with Gasteiger partial charge >= 0.3 is 0 Å². The molecule has 1 N–H and O–H groups in total. The predicted molar refractivity (Wildman–Crippen MR) is 83.4 cm³/mol. The normalized spacial score (nSPS) is 11.4. The van der Waals surface area contributed by atoms with Gasteiger partial charge in [0.05, 0.1) is 0 Å². The van der Waals surface area contributed by atoms with Crippen LogP contribution in [0.25, 0.3) is 0 Å². The van der Waals surface area contributed by atoms with Gasteiger partial charge in [-0.1, -0.05) is 58.3 Å². The third kappa shape index (κ3) is 15.6. The Morgan fingerprint density at radius 2 is 1.56 bits per heavy atom. The van der Waals surface area contributed by atoms with E-state index >= 15 is 0 Å². The second kappa shape index (κ2) is 16.6. The van der Waals surface area contributed by atoms with Crippen molar-refractivity contribution >= 4 is 6.21 Å². The first-order chi connectivity index (χ1) is 8.91. The monoisotopic (exact) mass is 253 g/mol. The van der Waals surface area contributed by atoms with Gasteiger partial charge in [0, 0.05) is 13.6 Å². The highest BCUT2D eigenvalue weighted by atomic mass is 14.8. The first-order valence-electron chi connectivity index (χ1n) is 7.84. The summed E-state index contributed by atoms with van der Waals surface area (Å²) in [6.07, 6.45) is 17.9. The summed E-state index contributed by atoms with van der Waals surface area (Å²) in [4.78, 5) is 3.95. The fraction of sp³-hybridized carbons (Fsp3) is 0.875. The van der Waals surface area contributed by atoms with Crippen LogP contribution in [0.3, 0.4) is 0 Å². The van der Waals surface area contributed by atoms with Crippen LogP contribution in [0.15, 0.2) is 4.99 Å². The molecule has 0 rings (SSSR count).